The van der Waals surface area contributed by atoms with Gasteiger partial charge in [0.2, 0.25) is 11.8 Å². The van der Waals surface area contributed by atoms with Crippen LogP contribution in [0, 0.1) is 0 Å². The number of rotatable bonds is 6. The van der Waals surface area contributed by atoms with E-state index >= 15 is 0 Å². The first-order chi connectivity index (χ1) is 8.08. The number of hydrogen-bond donors (Lipinski definition) is 3. The van der Waals surface area contributed by atoms with Crippen molar-refractivity contribution in [2.75, 3.05) is 6.54 Å². The number of amides is 2. The van der Waals surface area contributed by atoms with Gasteiger partial charge in [-0.3, -0.25) is 9.59 Å². The summed E-state index contributed by atoms with van der Waals surface area (Å²) in [6, 6.07) is 6.80. The summed E-state index contributed by atoms with van der Waals surface area (Å²) in [5.74, 6) is -0.430. The summed E-state index contributed by atoms with van der Waals surface area (Å²) in [4.78, 5) is 21.7. The minimum absolute atomic E-state index is 0.0744. The average molecular weight is 236 g/mol. The van der Waals surface area contributed by atoms with E-state index in [0.29, 0.717) is 13.0 Å². The van der Waals surface area contributed by atoms with Crippen LogP contribution in [0.2, 0.25) is 0 Å². The predicted molar refractivity (Wildman–Crippen MR) is 63.2 cm³/mol. The average Bonchev–Trinajstić information content (AvgIpc) is 2.29. The highest BCUT2D eigenvalue weighted by Gasteiger charge is 2.03. The van der Waals surface area contributed by atoms with Gasteiger partial charge >= 0.3 is 0 Å². The number of carbonyl (C=O) groups is 2. The molecule has 1 aromatic carbocycles. The highest BCUT2D eigenvalue weighted by atomic mass is 16.3. The lowest BCUT2D eigenvalue weighted by molar-refractivity contribution is -0.125. The molecule has 17 heavy (non-hydrogen) atoms. The number of benzene rings is 1. The summed E-state index contributed by atoms with van der Waals surface area (Å²) in [6.45, 7) is 0.502. The largest absolute Gasteiger partial charge is 0.508 e. The normalized spacial score (nSPS) is 9.88. The molecule has 1 aromatic rings. The van der Waals surface area contributed by atoms with Gasteiger partial charge in [-0.25, -0.2) is 0 Å². The Morgan fingerprint density at radius 2 is 1.82 bits per heavy atom. The van der Waals surface area contributed by atoms with Crippen LogP contribution in [-0.2, 0) is 16.0 Å². The number of aromatic hydroxyl groups is 1. The van der Waals surface area contributed by atoms with Gasteiger partial charge in [-0.1, -0.05) is 12.1 Å². The van der Waals surface area contributed by atoms with E-state index in [1.54, 1.807) is 24.3 Å². The van der Waals surface area contributed by atoms with Crippen molar-refractivity contribution >= 4 is 11.8 Å². The van der Waals surface area contributed by atoms with Crippen LogP contribution in [0.4, 0.5) is 0 Å². The van der Waals surface area contributed by atoms with Gasteiger partial charge in [0.05, 0.1) is 0 Å². The fourth-order valence-corrected chi connectivity index (χ4v) is 1.33. The van der Waals surface area contributed by atoms with Crippen molar-refractivity contribution in [1.82, 2.24) is 5.32 Å². The molecular weight excluding hydrogens is 220 g/mol. The monoisotopic (exact) mass is 236 g/mol. The van der Waals surface area contributed by atoms with Crippen LogP contribution in [0.25, 0.3) is 0 Å². The highest BCUT2D eigenvalue weighted by Crippen LogP contribution is 2.09. The predicted octanol–water partition coefficient (Wildman–Crippen LogP) is 0.316. The fourth-order valence-electron chi connectivity index (χ4n) is 1.33. The van der Waals surface area contributed by atoms with Crippen LogP contribution in [0.3, 0.4) is 0 Å². The Labute approximate surface area is 99.6 Å². The molecule has 1 rings (SSSR count). The molecule has 0 spiro atoms. The molecule has 0 unspecified atom stereocenters. The van der Waals surface area contributed by atoms with Gasteiger partial charge in [-0.2, -0.15) is 0 Å². The number of nitrogens with one attached hydrogen (secondary N) is 1. The van der Waals surface area contributed by atoms with Crippen LogP contribution in [0.5, 0.6) is 5.75 Å². The Hall–Kier alpha value is -2.04. The van der Waals surface area contributed by atoms with E-state index in [-0.39, 0.29) is 24.5 Å². The molecular formula is C12H16N2O3. The fraction of sp³-hybridized carbons (Fsp3) is 0.333. The zero-order valence-corrected chi connectivity index (χ0v) is 9.48. The summed E-state index contributed by atoms with van der Waals surface area (Å²) in [6.07, 6.45) is 0.887. The lowest BCUT2D eigenvalue weighted by Gasteiger charge is -2.04. The van der Waals surface area contributed by atoms with Crippen molar-refractivity contribution < 1.29 is 14.7 Å². The number of phenolic OH excluding ortho intramolecular Hbond substituents is 1. The van der Waals surface area contributed by atoms with E-state index in [4.69, 9.17) is 10.8 Å². The number of phenols is 1. The van der Waals surface area contributed by atoms with Gasteiger partial charge in [0.25, 0.3) is 0 Å². The molecule has 5 heteroatoms. The van der Waals surface area contributed by atoms with Crippen molar-refractivity contribution in [3.8, 4) is 5.75 Å². The number of primary amides is 1. The molecule has 0 atom stereocenters. The smallest absolute Gasteiger partial charge is 0.220 e. The zero-order valence-electron chi connectivity index (χ0n) is 9.48. The second-order valence-electron chi connectivity index (χ2n) is 3.73. The lowest BCUT2D eigenvalue weighted by atomic mass is 10.1. The van der Waals surface area contributed by atoms with Crippen molar-refractivity contribution in [3.63, 3.8) is 0 Å². The molecule has 92 valence electrons. The van der Waals surface area contributed by atoms with Gasteiger partial charge in [0, 0.05) is 19.4 Å². The summed E-state index contributed by atoms with van der Waals surface area (Å²) in [5.41, 5.74) is 5.96. The summed E-state index contributed by atoms with van der Waals surface area (Å²) < 4.78 is 0. The third kappa shape index (κ3) is 5.55. The minimum atomic E-state index is -0.473. The van der Waals surface area contributed by atoms with Crippen molar-refractivity contribution in [1.29, 1.82) is 0 Å². The van der Waals surface area contributed by atoms with Gasteiger partial charge in [0.15, 0.2) is 0 Å². The van der Waals surface area contributed by atoms with E-state index in [9.17, 15) is 9.59 Å². The lowest BCUT2D eigenvalue weighted by Crippen LogP contribution is -2.26. The number of nitrogens with two attached hydrogens (primary N) is 1. The molecule has 0 radical (unpaired) electrons. The third-order valence-electron chi connectivity index (χ3n) is 2.27. The molecule has 0 aliphatic heterocycles. The van der Waals surface area contributed by atoms with Crippen LogP contribution in [0.1, 0.15) is 18.4 Å². The van der Waals surface area contributed by atoms with Crippen molar-refractivity contribution in [2.24, 2.45) is 5.73 Å². The number of carbonyl (C=O) groups excluding carboxylic acids is 2. The molecule has 5 nitrogen and oxygen atoms in total. The first-order valence-corrected chi connectivity index (χ1v) is 5.41. The topological polar surface area (TPSA) is 92.4 Å². The minimum Gasteiger partial charge on any atom is -0.508 e. The second-order valence-corrected chi connectivity index (χ2v) is 3.73. The van der Waals surface area contributed by atoms with Crippen molar-refractivity contribution in [3.05, 3.63) is 29.8 Å². The molecule has 0 aliphatic carbocycles. The van der Waals surface area contributed by atoms with Crippen LogP contribution < -0.4 is 11.1 Å². The maximum Gasteiger partial charge on any atom is 0.220 e. The molecule has 0 heterocycles. The van der Waals surface area contributed by atoms with Gasteiger partial charge < -0.3 is 16.2 Å². The Kier molecular flexibility index (Phi) is 5.00. The van der Waals surface area contributed by atoms with E-state index in [2.05, 4.69) is 5.32 Å². The highest BCUT2D eigenvalue weighted by molar-refractivity contribution is 5.82. The van der Waals surface area contributed by atoms with Crippen LogP contribution >= 0.6 is 0 Å². The van der Waals surface area contributed by atoms with E-state index in [1.165, 1.54) is 0 Å². The van der Waals surface area contributed by atoms with E-state index < -0.39 is 5.91 Å². The summed E-state index contributed by atoms with van der Waals surface area (Å²) in [5, 5.41) is 11.8. The molecule has 0 aliphatic rings. The maximum absolute atomic E-state index is 11.2. The molecule has 0 aromatic heterocycles. The standard InChI is InChI=1S/C12H16N2O3/c13-11(16)5-6-12(17)14-8-7-9-1-3-10(15)4-2-9/h1-4,15H,5-8H2,(H2,13,16)(H,14,17). The molecule has 4 N–H and O–H groups in total. The Bertz CT molecular complexity index is 387. The van der Waals surface area contributed by atoms with E-state index in [1.807, 2.05) is 0 Å². The number of hydrogen-bond acceptors (Lipinski definition) is 3. The third-order valence-corrected chi connectivity index (χ3v) is 2.27. The Morgan fingerprint density at radius 3 is 2.41 bits per heavy atom. The first-order valence-electron chi connectivity index (χ1n) is 5.41. The van der Waals surface area contributed by atoms with E-state index in [0.717, 1.165) is 5.56 Å². The molecule has 0 saturated carbocycles. The molecule has 0 saturated heterocycles. The van der Waals surface area contributed by atoms with Gasteiger partial charge in [-0.05, 0) is 24.1 Å². The van der Waals surface area contributed by atoms with Crippen molar-refractivity contribution in [2.45, 2.75) is 19.3 Å². The first kappa shape index (κ1) is 13.0. The maximum atomic E-state index is 11.2. The summed E-state index contributed by atoms with van der Waals surface area (Å²) >= 11 is 0. The van der Waals surface area contributed by atoms with Crippen LogP contribution in [-0.4, -0.2) is 23.5 Å². The molecule has 2 amide bonds. The Morgan fingerprint density at radius 1 is 1.18 bits per heavy atom. The zero-order chi connectivity index (χ0) is 12.7. The van der Waals surface area contributed by atoms with Gasteiger partial charge in [0.1, 0.15) is 5.75 Å². The molecule has 0 bridgehead atoms. The quantitative estimate of drug-likeness (QED) is 0.664. The SMILES string of the molecule is NC(=O)CCC(=O)NCCc1ccc(O)cc1. The summed E-state index contributed by atoms with van der Waals surface area (Å²) in [7, 11) is 0. The van der Waals surface area contributed by atoms with Gasteiger partial charge in [-0.15, -0.1) is 0 Å². The molecule has 0 fully saturated rings. The Balaban J connectivity index is 2.21. The van der Waals surface area contributed by atoms with Crippen LogP contribution in [0.15, 0.2) is 24.3 Å². The second kappa shape index (κ2) is 6.52.